The van der Waals surface area contributed by atoms with Crippen molar-refractivity contribution in [1.82, 2.24) is 4.57 Å². The maximum atomic E-state index is 13.2. The van der Waals surface area contributed by atoms with Crippen molar-refractivity contribution in [2.45, 2.75) is 27.3 Å². The Kier molecular flexibility index (Phi) is 5.42. The van der Waals surface area contributed by atoms with Crippen LogP contribution < -0.4 is 0 Å². The number of rotatable bonds is 6. The molecule has 0 saturated heterocycles. The third-order valence-electron chi connectivity index (χ3n) is 5.77. The van der Waals surface area contributed by atoms with Gasteiger partial charge in [-0.25, -0.2) is 4.79 Å². The average molecular weight is 413 g/mol. The van der Waals surface area contributed by atoms with Crippen molar-refractivity contribution < 1.29 is 19.3 Å². The molecule has 0 saturated carbocycles. The molecule has 0 radical (unpaired) electrons. The van der Waals surface area contributed by atoms with Crippen LogP contribution in [0.25, 0.3) is 21.8 Å². The summed E-state index contributed by atoms with van der Waals surface area (Å²) in [6.07, 6.45) is 1.77. The van der Waals surface area contributed by atoms with Gasteiger partial charge in [0, 0.05) is 58.5 Å². The fourth-order valence-electron chi connectivity index (χ4n) is 4.21. The molecule has 5 heteroatoms. The first-order chi connectivity index (χ1) is 14.9. The summed E-state index contributed by atoms with van der Waals surface area (Å²) in [6.45, 7) is 6.55. The lowest BCUT2D eigenvalue weighted by molar-refractivity contribution is -0.426. The summed E-state index contributed by atoms with van der Waals surface area (Å²) in [5.41, 5.74) is 5.23. The molecule has 0 fully saturated rings. The molecule has 4 rings (SSSR count). The van der Waals surface area contributed by atoms with E-state index in [0.717, 1.165) is 39.6 Å². The standard InChI is InChI=1S/C26H24N2O3/c1-4-27(16-25(29)30)19-11-13-24-22(15-19)21-14-18(10-12-23(21)28(24)5-2)26(31)20-9-7-6-8-17(20)3/h4,6-15H,5,16H2,1-3H3/p+1. The average Bonchev–Trinajstić information content (AvgIpc) is 3.09. The van der Waals surface area contributed by atoms with Crippen LogP contribution in [0, 0.1) is 6.92 Å². The van der Waals surface area contributed by atoms with Gasteiger partial charge >= 0.3 is 5.97 Å². The fourth-order valence-corrected chi connectivity index (χ4v) is 4.21. The van der Waals surface area contributed by atoms with Crippen molar-refractivity contribution in [3.05, 3.63) is 77.4 Å². The summed E-state index contributed by atoms with van der Waals surface area (Å²) < 4.78 is 3.92. The summed E-state index contributed by atoms with van der Waals surface area (Å²) in [7, 11) is 0. The Balaban J connectivity index is 1.92. The second-order valence-electron chi connectivity index (χ2n) is 7.60. The number of hydrogen-bond donors (Lipinski definition) is 1. The van der Waals surface area contributed by atoms with Crippen molar-refractivity contribution >= 4 is 45.5 Å². The van der Waals surface area contributed by atoms with Crippen LogP contribution in [0.1, 0.15) is 35.3 Å². The van der Waals surface area contributed by atoms with Crippen LogP contribution in [0.5, 0.6) is 0 Å². The van der Waals surface area contributed by atoms with Gasteiger partial charge in [-0.05, 0) is 43.7 Å². The Hall–Kier alpha value is -3.73. The minimum absolute atomic E-state index is 0.00273. The fraction of sp³-hybridized carbons (Fsp3) is 0.192. The highest BCUT2D eigenvalue weighted by molar-refractivity contribution is 6.15. The lowest BCUT2D eigenvalue weighted by Gasteiger charge is -2.06. The number of carbonyl (C=O) groups is 2. The molecule has 0 aliphatic rings. The highest BCUT2D eigenvalue weighted by Gasteiger charge is 2.19. The predicted molar refractivity (Wildman–Crippen MR) is 124 cm³/mol. The Labute approximate surface area is 180 Å². The van der Waals surface area contributed by atoms with E-state index in [1.165, 1.54) is 0 Å². The molecular weight excluding hydrogens is 388 g/mol. The van der Waals surface area contributed by atoms with E-state index in [-0.39, 0.29) is 12.3 Å². The normalized spacial score (nSPS) is 11.9. The lowest BCUT2D eigenvalue weighted by Crippen LogP contribution is -2.16. The summed E-state index contributed by atoms with van der Waals surface area (Å²) >= 11 is 0. The zero-order valence-electron chi connectivity index (χ0n) is 17.9. The van der Waals surface area contributed by atoms with Crippen molar-refractivity contribution in [1.29, 1.82) is 0 Å². The van der Waals surface area contributed by atoms with E-state index in [0.29, 0.717) is 11.1 Å². The third kappa shape index (κ3) is 3.63. The Morgan fingerprint density at radius 2 is 1.68 bits per heavy atom. The van der Waals surface area contributed by atoms with E-state index in [9.17, 15) is 14.7 Å². The van der Waals surface area contributed by atoms with Crippen LogP contribution in [0.3, 0.4) is 0 Å². The number of fused-ring (bicyclic) bond motifs is 3. The smallest absolute Gasteiger partial charge is 0.370 e. The van der Waals surface area contributed by atoms with Gasteiger partial charge in [-0.15, -0.1) is 0 Å². The van der Waals surface area contributed by atoms with Gasteiger partial charge in [-0.2, -0.15) is 4.58 Å². The first kappa shape index (κ1) is 20.5. The van der Waals surface area contributed by atoms with Gasteiger partial charge in [0.1, 0.15) is 6.21 Å². The van der Waals surface area contributed by atoms with Crippen molar-refractivity contribution in [2.24, 2.45) is 0 Å². The van der Waals surface area contributed by atoms with Crippen LogP contribution in [0.15, 0.2) is 60.7 Å². The van der Waals surface area contributed by atoms with E-state index < -0.39 is 5.97 Å². The number of nitrogens with zero attached hydrogens (tertiary/aromatic N) is 2. The molecule has 0 bridgehead atoms. The molecule has 31 heavy (non-hydrogen) atoms. The van der Waals surface area contributed by atoms with Gasteiger partial charge in [0.15, 0.2) is 5.78 Å². The number of carboxylic acids is 1. The molecule has 156 valence electrons. The van der Waals surface area contributed by atoms with E-state index in [2.05, 4.69) is 11.5 Å². The number of benzene rings is 3. The maximum Gasteiger partial charge on any atom is 0.370 e. The van der Waals surface area contributed by atoms with Crippen LogP contribution in [-0.4, -0.2) is 38.8 Å². The Bertz CT molecular complexity index is 1360. The van der Waals surface area contributed by atoms with Gasteiger partial charge in [-0.1, -0.05) is 24.3 Å². The summed E-state index contributed by atoms with van der Waals surface area (Å²) in [5, 5.41) is 11.2. The quantitative estimate of drug-likeness (QED) is 0.269. The number of aromatic nitrogens is 1. The molecule has 0 aliphatic heterocycles. The molecule has 0 aliphatic carbocycles. The molecule has 0 spiro atoms. The lowest BCUT2D eigenvalue weighted by atomic mass is 9.98. The third-order valence-corrected chi connectivity index (χ3v) is 5.77. The summed E-state index contributed by atoms with van der Waals surface area (Å²) in [5.74, 6) is -0.886. The zero-order chi connectivity index (χ0) is 22.1. The molecule has 0 unspecified atom stereocenters. The minimum Gasteiger partial charge on any atom is -0.477 e. The molecule has 1 N–H and O–H groups in total. The monoisotopic (exact) mass is 413 g/mol. The van der Waals surface area contributed by atoms with Crippen LogP contribution in [0.4, 0.5) is 5.69 Å². The van der Waals surface area contributed by atoms with E-state index in [4.69, 9.17) is 0 Å². The Morgan fingerprint density at radius 3 is 2.32 bits per heavy atom. The van der Waals surface area contributed by atoms with Crippen LogP contribution in [0.2, 0.25) is 0 Å². The molecule has 1 heterocycles. The zero-order valence-corrected chi connectivity index (χ0v) is 17.9. The Morgan fingerprint density at radius 1 is 1.00 bits per heavy atom. The highest BCUT2D eigenvalue weighted by Crippen LogP contribution is 2.33. The number of carboxylic acid groups (broad SMARTS) is 1. The predicted octanol–water partition coefficient (Wildman–Crippen LogP) is 5.17. The first-order valence-corrected chi connectivity index (χ1v) is 10.4. The number of ketones is 1. The van der Waals surface area contributed by atoms with Crippen molar-refractivity contribution in [3.63, 3.8) is 0 Å². The topological polar surface area (TPSA) is 62.3 Å². The van der Waals surface area contributed by atoms with Gasteiger partial charge < -0.3 is 9.67 Å². The number of hydrogen-bond acceptors (Lipinski definition) is 2. The second-order valence-corrected chi connectivity index (χ2v) is 7.60. The number of aliphatic carboxylic acids is 1. The number of carbonyl (C=O) groups excluding carboxylic acids is 1. The molecule has 3 aromatic carbocycles. The summed E-state index contributed by atoms with van der Waals surface area (Å²) in [4.78, 5) is 24.4. The first-order valence-electron chi connectivity index (χ1n) is 10.4. The molecule has 0 atom stereocenters. The molecule has 1 aromatic heterocycles. The van der Waals surface area contributed by atoms with E-state index >= 15 is 0 Å². The van der Waals surface area contributed by atoms with E-state index in [1.54, 1.807) is 10.8 Å². The highest BCUT2D eigenvalue weighted by atomic mass is 16.4. The van der Waals surface area contributed by atoms with Gasteiger partial charge in [0.25, 0.3) is 0 Å². The minimum atomic E-state index is -0.889. The molecule has 5 nitrogen and oxygen atoms in total. The van der Waals surface area contributed by atoms with Crippen LogP contribution >= 0.6 is 0 Å². The molecule has 4 aromatic rings. The van der Waals surface area contributed by atoms with Gasteiger partial charge in [0.2, 0.25) is 12.2 Å². The van der Waals surface area contributed by atoms with Crippen molar-refractivity contribution in [2.75, 3.05) is 6.54 Å². The van der Waals surface area contributed by atoms with Gasteiger partial charge in [0.05, 0.1) is 0 Å². The maximum absolute atomic E-state index is 13.2. The van der Waals surface area contributed by atoms with Gasteiger partial charge in [-0.3, -0.25) is 4.79 Å². The van der Waals surface area contributed by atoms with E-state index in [1.807, 2.05) is 74.5 Å². The molecular formula is C26H25N2O3+. The molecule has 0 amide bonds. The van der Waals surface area contributed by atoms with Crippen LogP contribution in [-0.2, 0) is 11.3 Å². The van der Waals surface area contributed by atoms with Crippen molar-refractivity contribution in [3.8, 4) is 0 Å². The number of aryl methyl sites for hydroxylation is 2. The largest absolute Gasteiger partial charge is 0.477 e. The second kappa shape index (κ2) is 8.19. The summed E-state index contributed by atoms with van der Waals surface area (Å²) in [6, 6.07) is 19.4. The SMILES string of the molecule is CC=[N+](CC(=O)O)c1ccc2c(c1)c1cc(C(=O)c3ccccc3C)ccc1n2CC.